The molecule has 1 atom stereocenters. The van der Waals surface area contributed by atoms with E-state index < -0.39 is 15.8 Å². The van der Waals surface area contributed by atoms with Gasteiger partial charge in [-0.25, -0.2) is 13.1 Å². The van der Waals surface area contributed by atoms with Crippen LogP contribution in [0.5, 0.6) is 5.75 Å². The number of ether oxygens (including phenoxy) is 3. The molecule has 0 radical (unpaired) electrons. The average molecular weight is 341 g/mol. The van der Waals surface area contributed by atoms with Crippen molar-refractivity contribution in [2.75, 3.05) is 19.8 Å². The van der Waals surface area contributed by atoms with Crippen molar-refractivity contribution in [1.29, 1.82) is 0 Å². The van der Waals surface area contributed by atoms with Crippen LogP contribution in [0.25, 0.3) is 0 Å². The minimum Gasteiger partial charge on any atom is -0.494 e. The monoisotopic (exact) mass is 341 g/mol. The molecule has 1 saturated carbocycles. The number of rotatable bonds is 6. The minimum atomic E-state index is -3.56. The summed E-state index contributed by atoms with van der Waals surface area (Å²) in [4.78, 5) is 0.218. The Morgan fingerprint density at radius 1 is 1.26 bits per heavy atom. The lowest BCUT2D eigenvalue weighted by molar-refractivity contribution is -0.160. The van der Waals surface area contributed by atoms with Crippen LogP contribution in [0.3, 0.4) is 0 Å². The summed E-state index contributed by atoms with van der Waals surface area (Å²) in [6.07, 6.45) is 3.77. The molecule has 0 unspecified atom stereocenters. The highest BCUT2D eigenvalue weighted by Gasteiger charge is 2.43. The Labute approximate surface area is 137 Å². The van der Waals surface area contributed by atoms with Gasteiger partial charge in [0, 0.05) is 19.4 Å². The fraction of sp³-hybridized carbons (Fsp3) is 0.625. The summed E-state index contributed by atoms with van der Waals surface area (Å²) >= 11 is 0. The van der Waals surface area contributed by atoms with E-state index in [9.17, 15) is 8.42 Å². The van der Waals surface area contributed by atoms with Gasteiger partial charge in [-0.2, -0.15) is 0 Å². The predicted octanol–water partition coefficient (Wildman–Crippen LogP) is 2.05. The Kier molecular flexibility index (Phi) is 4.91. The highest BCUT2D eigenvalue weighted by molar-refractivity contribution is 7.89. The van der Waals surface area contributed by atoms with Gasteiger partial charge in [0.2, 0.25) is 10.0 Å². The number of hydrogen-bond donors (Lipinski definition) is 1. The van der Waals surface area contributed by atoms with Crippen molar-refractivity contribution in [3.8, 4) is 5.75 Å². The van der Waals surface area contributed by atoms with Gasteiger partial charge in [-0.05, 0) is 44.0 Å². The molecule has 1 aromatic carbocycles. The highest BCUT2D eigenvalue weighted by atomic mass is 32.2. The van der Waals surface area contributed by atoms with Crippen molar-refractivity contribution in [3.63, 3.8) is 0 Å². The van der Waals surface area contributed by atoms with Gasteiger partial charge in [0.1, 0.15) is 5.75 Å². The third kappa shape index (κ3) is 3.85. The number of nitrogens with one attached hydrogen (secondary N) is 1. The maximum absolute atomic E-state index is 12.3. The topological polar surface area (TPSA) is 73.9 Å². The van der Waals surface area contributed by atoms with Gasteiger partial charge in [0.15, 0.2) is 5.79 Å². The van der Waals surface area contributed by atoms with E-state index in [2.05, 4.69) is 4.72 Å². The van der Waals surface area contributed by atoms with Crippen LogP contribution in [-0.2, 0) is 19.5 Å². The van der Waals surface area contributed by atoms with Gasteiger partial charge in [0.25, 0.3) is 0 Å². The van der Waals surface area contributed by atoms with E-state index in [0.717, 1.165) is 25.7 Å². The molecular formula is C16H23NO5S. The SMILES string of the molecule is CCOc1ccc(S(=O)(=O)NC[C@@H]2COC3(CCCC3)O2)cc1. The molecule has 0 amide bonds. The second kappa shape index (κ2) is 6.76. The average Bonchev–Trinajstić information content (AvgIpc) is 3.17. The van der Waals surface area contributed by atoms with Gasteiger partial charge < -0.3 is 14.2 Å². The van der Waals surface area contributed by atoms with E-state index in [4.69, 9.17) is 14.2 Å². The van der Waals surface area contributed by atoms with Crippen LogP contribution < -0.4 is 9.46 Å². The number of hydrogen-bond acceptors (Lipinski definition) is 5. The van der Waals surface area contributed by atoms with Gasteiger partial charge in [-0.1, -0.05) is 0 Å². The first-order valence-corrected chi connectivity index (χ1v) is 9.56. The summed E-state index contributed by atoms with van der Waals surface area (Å²) < 4.78 is 44.2. The minimum absolute atomic E-state index is 0.218. The Balaban J connectivity index is 1.56. The van der Waals surface area contributed by atoms with E-state index in [1.807, 2.05) is 6.92 Å². The quantitative estimate of drug-likeness (QED) is 0.857. The largest absolute Gasteiger partial charge is 0.494 e. The van der Waals surface area contributed by atoms with Crippen LogP contribution in [0.4, 0.5) is 0 Å². The van der Waals surface area contributed by atoms with Crippen LogP contribution in [0.15, 0.2) is 29.2 Å². The van der Waals surface area contributed by atoms with E-state index >= 15 is 0 Å². The molecule has 1 aliphatic heterocycles. The normalized spacial score (nSPS) is 23.4. The maximum atomic E-state index is 12.3. The van der Waals surface area contributed by atoms with E-state index in [1.54, 1.807) is 12.1 Å². The molecule has 6 nitrogen and oxygen atoms in total. The second-order valence-corrected chi connectivity index (χ2v) is 7.69. The molecular weight excluding hydrogens is 318 g/mol. The zero-order chi connectivity index (χ0) is 16.3. The fourth-order valence-electron chi connectivity index (χ4n) is 3.06. The molecule has 23 heavy (non-hydrogen) atoms. The first kappa shape index (κ1) is 16.7. The lowest BCUT2D eigenvalue weighted by atomic mass is 10.2. The van der Waals surface area contributed by atoms with Crippen molar-refractivity contribution < 1.29 is 22.6 Å². The lowest BCUT2D eigenvalue weighted by Crippen LogP contribution is -2.35. The zero-order valence-corrected chi connectivity index (χ0v) is 14.1. The fourth-order valence-corrected chi connectivity index (χ4v) is 4.13. The van der Waals surface area contributed by atoms with Crippen LogP contribution in [0, 0.1) is 0 Å². The van der Waals surface area contributed by atoms with E-state index in [-0.39, 0.29) is 17.5 Å². The van der Waals surface area contributed by atoms with Crippen molar-refractivity contribution in [2.24, 2.45) is 0 Å². The smallest absolute Gasteiger partial charge is 0.240 e. The van der Waals surface area contributed by atoms with Crippen molar-refractivity contribution in [2.45, 2.75) is 49.4 Å². The Morgan fingerprint density at radius 2 is 1.96 bits per heavy atom. The van der Waals surface area contributed by atoms with Crippen LogP contribution in [0.1, 0.15) is 32.6 Å². The third-order valence-corrected chi connectivity index (χ3v) is 5.66. The summed E-state index contributed by atoms with van der Waals surface area (Å²) in [6.45, 7) is 3.08. The summed E-state index contributed by atoms with van der Waals surface area (Å²) in [5.74, 6) is 0.192. The first-order valence-electron chi connectivity index (χ1n) is 8.07. The molecule has 1 heterocycles. The third-order valence-electron chi connectivity index (χ3n) is 4.23. The van der Waals surface area contributed by atoms with Gasteiger partial charge in [-0.15, -0.1) is 0 Å². The Bertz CT molecular complexity index is 622. The number of benzene rings is 1. The molecule has 7 heteroatoms. The Morgan fingerprint density at radius 3 is 2.61 bits per heavy atom. The molecule has 1 aromatic rings. The van der Waals surface area contributed by atoms with Crippen molar-refractivity contribution in [1.82, 2.24) is 4.72 Å². The number of sulfonamides is 1. The molecule has 1 spiro atoms. The highest BCUT2D eigenvalue weighted by Crippen LogP contribution is 2.39. The predicted molar refractivity (Wildman–Crippen MR) is 84.8 cm³/mol. The molecule has 2 fully saturated rings. The zero-order valence-electron chi connectivity index (χ0n) is 13.3. The van der Waals surface area contributed by atoms with E-state index in [0.29, 0.717) is 19.0 Å². The summed E-state index contributed by atoms with van der Waals surface area (Å²) in [5.41, 5.74) is 0. The molecule has 128 valence electrons. The molecule has 1 N–H and O–H groups in total. The molecule has 1 aliphatic carbocycles. The molecule has 1 saturated heterocycles. The standard InChI is InChI=1S/C16H23NO5S/c1-2-20-13-5-7-15(8-6-13)23(18,19)17-11-14-12-21-16(22-14)9-3-4-10-16/h5-8,14,17H,2-4,9-12H2,1H3/t14-/m1/s1. The molecule has 2 aliphatic rings. The summed E-state index contributed by atoms with van der Waals surface area (Å²) in [5, 5.41) is 0. The molecule has 0 bridgehead atoms. The van der Waals surface area contributed by atoms with Gasteiger partial charge >= 0.3 is 0 Å². The van der Waals surface area contributed by atoms with Gasteiger partial charge in [0.05, 0.1) is 24.2 Å². The summed E-state index contributed by atoms with van der Waals surface area (Å²) in [7, 11) is -3.56. The summed E-state index contributed by atoms with van der Waals surface area (Å²) in [6, 6.07) is 6.39. The van der Waals surface area contributed by atoms with Crippen LogP contribution in [0.2, 0.25) is 0 Å². The van der Waals surface area contributed by atoms with E-state index in [1.165, 1.54) is 12.1 Å². The maximum Gasteiger partial charge on any atom is 0.240 e. The second-order valence-electron chi connectivity index (χ2n) is 5.92. The first-order chi connectivity index (χ1) is 11.0. The van der Waals surface area contributed by atoms with Crippen LogP contribution >= 0.6 is 0 Å². The lowest BCUT2D eigenvalue weighted by Gasteiger charge is -2.21. The molecule has 3 rings (SSSR count). The molecule has 0 aromatic heterocycles. The van der Waals surface area contributed by atoms with Crippen molar-refractivity contribution >= 4 is 10.0 Å². The van der Waals surface area contributed by atoms with Crippen molar-refractivity contribution in [3.05, 3.63) is 24.3 Å². The van der Waals surface area contributed by atoms with Crippen LogP contribution in [-0.4, -0.2) is 40.1 Å². The van der Waals surface area contributed by atoms with Gasteiger partial charge in [-0.3, -0.25) is 0 Å². The Hall–Kier alpha value is -1.15.